The maximum atomic E-state index is 5.77. The molecule has 94 valence electrons. The van der Waals surface area contributed by atoms with Gasteiger partial charge in [0, 0.05) is 11.5 Å². The molecule has 3 rings (SSSR count). The number of hydrogen-bond donors (Lipinski definition) is 1. The van der Waals surface area contributed by atoms with Gasteiger partial charge in [0.05, 0.1) is 6.54 Å². The predicted molar refractivity (Wildman–Crippen MR) is 66.5 cm³/mol. The Kier molecular flexibility index (Phi) is 2.34. The lowest BCUT2D eigenvalue weighted by Crippen LogP contribution is -2.28. The zero-order valence-electron chi connectivity index (χ0n) is 11.0. The average Bonchev–Trinajstić information content (AvgIpc) is 2.75. The summed E-state index contributed by atoms with van der Waals surface area (Å²) >= 11 is 0. The van der Waals surface area contributed by atoms with Gasteiger partial charge in [-0.2, -0.15) is 0 Å². The summed E-state index contributed by atoms with van der Waals surface area (Å²) in [5.74, 6) is 4.67. The van der Waals surface area contributed by atoms with E-state index in [1.165, 1.54) is 25.1 Å². The van der Waals surface area contributed by atoms with E-state index in [1.807, 2.05) is 0 Å². The number of aromatic nitrogens is 3. The molecule has 2 atom stereocenters. The molecule has 4 nitrogen and oxygen atoms in total. The molecule has 0 spiro atoms. The first-order valence-electron chi connectivity index (χ1n) is 6.65. The van der Waals surface area contributed by atoms with E-state index in [0.29, 0.717) is 12.5 Å². The Bertz CT molecular complexity index is 419. The van der Waals surface area contributed by atoms with Gasteiger partial charge in [0.25, 0.3) is 0 Å². The van der Waals surface area contributed by atoms with Crippen LogP contribution in [0.2, 0.25) is 0 Å². The van der Waals surface area contributed by atoms with Crippen LogP contribution < -0.4 is 5.73 Å². The quantitative estimate of drug-likeness (QED) is 0.851. The Labute approximate surface area is 103 Å². The van der Waals surface area contributed by atoms with Crippen LogP contribution in [0.1, 0.15) is 57.6 Å². The van der Waals surface area contributed by atoms with Crippen LogP contribution in [0.4, 0.5) is 0 Å². The lowest BCUT2D eigenvalue weighted by atomic mass is 10.00. The molecular weight excluding hydrogens is 212 g/mol. The SMILES string of the molecule is CC(C)(C)n1c(CN)nnc1C1CC2CC2C1. The standard InChI is InChI=1S/C13H22N4/c1-13(2,3)17-11(7-14)15-16-12(17)10-5-8-4-9(8)6-10/h8-10H,4-7,14H2,1-3H3. The Morgan fingerprint density at radius 2 is 1.82 bits per heavy atom. The van der Waals surface area contributed by atoms with Crippen molar-refractivity contribution in [1.29, 1.82) is 0 Å². The van der Waals surface area contributed by atoms with E-state index in [4.69, 9.17) is 5.73 Å². The van der Waals surface area contributed by atoms with Crippen molar-refractivity contribution in [3.05, 3.63) is 11.6 Å². The van der Waals surface area contributed by atoms with Gasteiger partial charge < -0.3 is 10.3 Å². The normalized spacial score (nSPS) is 31.6. The van der Waals surface area contributed by atoms with E-state index in [-0.39, 0.29) is 5.54 Å². The van der Waals surface area contributed by atoms with Crippen LogP contribution in [0.15, 0.2) is 0 Å². The predicted octanol–water partition coefficient (Wildman–Crippen LogP) is 2.01. The molecular formula is C13H22N4. The summed E-state index contributed by atoms with van der Waals surface area (Å²) in [6.45, 7) is 7.09. The molecule has 4 heteroatoms. The highest BCUT2D eigenvalue weighted by molar-refractivity contribution is 5.12. The summed E-state index contributed by atoms with van der Waals surface area (Å²) < 4.78 is 2.27. The summed E-state index contributed by atoms with van der Waals surface area (Å²) in [6.07, 6.45) is 4.07. The fourth-order valence-electron chi connectivity index (χ4n) is 3.38. The van der Waals surface area contributed by atoms with E-state index in [1.54, 1.807) is 0 Å². The number of nitrogens with two attached hydrogens (primary N) is 1. The monoisotopic (exact) mass is 234 g/mol. The highest BCUT2D eigenvalue weighted by Crippen LogP contribution is 2.57. The minimum atomic E-state index is 0.0281. The van der Waals surface area contributed by atoms with Crippen molar-refractivity contribution in [2.45, 2.75) is 58.0 Å². The molecule has 0 aliphatic heterocycles. The molecule has 2 fully saturated rings. The molecule has 1 heterocycles. The van der Waals surface area contributed by atoms with Crippen molar-refractivity contribution in [2.75, 3.05) is 0 Å². The van der Waals surface area contributed by atoms with Gasteiger partial charge in [-0.3, -0.25) is 0 Å². The molecule has 1 aromatic heterocycles. The topological polar surface area (TPSA) is 56.7 Å². The van der Waals surface area contributed by atoms with Gasteiger partial charge in [0.1, 0.15) is 11.6 Å². The van der Waals surface area contributed by atoms with Gasteiger partial charge in [0.2, 0.25) is 0 Å². The molecule has 0 saturated heterocycles. The second kappa shape index (κ2) is 3.55. The van der Waals surface area contributed by atoms with Gasteiger partial charge >= 0.3 is 0 Å². The van der Waals surface area contributed by atoms with Crippen molar-refractivity contribution < 1.29 is 0 Å². The summed E-state index contributed by atoms with van der Waals surface area (Å²) in [7, 11) is 0. The zero-order chi connectivity index (χ0) is 12.2. The number of hydrogen-bond acceptors (Lipinski definition) is 3. The van der Waals surface area contributed by atoms with E-state index < -0.39 is 0 Å². The molecule has 2 saturated carbocycles. The number of fused-ring (bicyclic) bond motifs is 1. The maximum absolute atomic E-state index is 5.77. The smallest absolute Gasteiger partial charge is 0.147 e. The van der Waals surface area contributed by atoms with Crippen molar-refractivity contribution in [3.8, 4) is 0 Å². The molecule has 17 heavy (non-hydrogen) atoms. The van der Waals surface area contributed by atoms with Crippen LogP contribution in [0.3, 0.4) is 0 Å². The summed E-state index contributed by atoms with van der Waals surface area (Å²) in [4.78, 5) is 0. The highest BCUT2D eigenvalue weighted by Gasteiger charge is 2.48. The number of nitrogens with zero attached hydrogens (tertiary/aromatic N) is 3. The van der Waals surface area contributed by atoms with Crippen LogP contribution in [-0.4, -0.2) is 14.8 Å². The van der Waals surface area contributed by atoms with Gasteiger partial charge in [-0.05, 0) is 51.9 Å². The molecule has 2 unspecified atom stereocenters. The minimum absolute atomic E-state index is 0.0281. The third kappa shape index (κ3) is 1.79. The molecule has 0 radical (unpaired) electrons. The lowest BCUT2D eigenvalue weighted by molar-refractivity contribution is 0.356. The average molecular weight is 234 g/mol. The van der Waals surface area contributed by atoms with Crippen LogP contribution in [0.5, 0.6) is 0 Å². The summed E-state index contributed by atoms with van der Waals surface area (Å²) in [5, 5.41) is 8.70. The molecule has 0 aromatic carbocycles. The first-order chi connectivity index (χ1) is 8.00. The molecule has 2 aliphatic carbocycles. The van der Waals surface area contributed by atoms with Gasteiger partial charge in [0.15, 0.2) is 0 Å². The van der Waals surface area contributed by atoms with Gasteiger partial charge in [-0.25, -0.2) is 0 Å². The Morgan fingerprint density at radius 1 is 1.18 bits per heavy atom. The minimum Gasteiger partial charge on any atom is -0.324 e. The Balaban J connectivity index is 1.96. The fourth-order valence-corrected chi connectivity index (χ4v) is 3.38. The molecule has 1 aromatic rings. The largest absolute Gasteiger partial charge is 0.324 e. The second-order valence-electron chi connectivity index (χ2n) is 6.61. The Hall–Kier alpha value is -0.900. The second-order valence-corrected chi connectivity index (χ2v) is 6.61. The molecule has 2 aliphatic rings. The maximum Gasteiger partial charge on any atom is 0.147 e. The van der Waals surface area contributed by atoms with Gasteiger partial charge in [-0.1, -0.05) is 0 Å². The summed E-state index contributed by atoms with van der Waals surface area (Å²) in [6, 6.07) is 0. The fraction of sp³-hybridized carbons (Fsp3) is 0.846. The van der Waals surface area contributed by atoms with E-state index in [0.717, 1.165) is 17.7 Å². The third-order valence-electron chi connectivity index (χ3n) is 4.22. The van der Waals surface area contributed by atoms with Crippen LogP contribution in [-0.2, 0) is 12.1 Å². The van der Waals surface area contributed by atoms with Crippen LogP contribution in [0.25, 0.3) is 0 Å². The third-order valence-corrected chi connectivity index (χ3v) is 4.22. The lowest BCUT2D eigenvalue weighted by Gasteiger charge is -2.27. The van der Waals surface area contributed by atoms with E-state index >= 15 is 0 Å². The van der Waals surface area contributed by atoms with Gasteiger partial charge in [-0.15, -0.1) is 10.2 Å². The van der Waals surface area contributed by atoms with E-state index in [2.05, 4.69) is 35.5 Å². The van der Waals surface area contributed by atoms with Crippen molar-refractivity contribution >= 4 is 0 Å². The molecule has 0 bridgehead atoms. The Morgan fingerprint density at radius 3 is 2.35 bits per heavy atom. The van der Waals surface area contributed by atoms with Crippen molar-refractivity contribution in [2.24, 2.45) is 17.6 Å². The van der Waals surface area contributed by atoms with Crippen molar-refractivity contribution in [3.63, 3.8) is 0 Å². The first kappa shape index (κ1) is 11.2. The zero-order valence-corrected chi connectivity index (χ0v) is 11.0. The first-order valence-corrected chi connectivity index (χ1v) is 6.65. The van der Waals surface area contributed by atoms with E-state index in [9.17, 15) is 0 Å². The molecule has 2 N–H and O–H groups in total. The van der Waals surface area contributed by atoms with Crippen LogP contribution in [0, 0.1) is 11.8 Å². The molecule has 0 amide bonds. The summed E-state index contributed by atoms with van der Waals surface area (Å²) in [5.41, 5.74) is 5.80. The highest BCUT2D eigenvalue weighted by atomic mass is 15.3. The van der Waals surface area contributed by atoms with Crippen molar-refractivity contribution in [1.82, 2.24) is 14.8 Å². The van der Waals surface area contributed by atoms with Crippen LogP contribution >= 0.6 is 0 Å². The number of rotatable bonds is 2.